The molecule has 0 spiro atoms. The second-order valence-corrected chi connectivity index (χ2v) is 12.1. The number of nitrogens with one attached hydrogen (secondary N) is 1. The number of nitrogens with two attached hydrogens (primary N) is 1. The number of halogens is 2. The third-order valence-corrected chi connectivity index (χ3v) is 8.30. The van der Waals surface area contributed by atoms with Crippen LogP contribution < -0.4 is 15.8 Å². The van der Waals surface area contributed by atoms with Crippen LogP contribution in [0.5, 0.6) is 5.75 Å². The number of ether oxygens (including phenoxy) is 2. The summed E-state index contributed by atoms with van der Waals surface area (Å²) in [5, 5.41) is 11.1. The van der Waals surface area contributed by atoms with E-state index in [2.05, 4.69) is 15.0 Å². The maximum Gasteiger partial charge on any atom is 0.380 e. The zero-order chi connectivity index (χ0) is 31.0. The van der Waals surface area contributed by atoms with E-state index in [1.54, 1.807) is 32.0 Å². The average Bonchev–Trinajstić information content (AvgIpc) is 3.42. The number of nitrogens with zero attached hydrogens (tertiary/aromatic N) is 3. The predicted molar refractivity (Wildman–Crippen MR) is 143 cm³/mol. The first-order chi connectivity index (χ1) is 19.6. The molecule has 3 aromatic rings. The van der Waals surface area contributed by atoms with Gasteiger partial charge in [0.2, 0.25) is 5.95 Å². The van der Waals surface area contributed by atoms with E-state index in [9.17, 15) is 23.7 Å². The summed E-state index contributed by atoms with van der Waals surface area (Å²) >= 11 is 6.49. The minimum atomic E-state index is -4.57. The zero-order valence-electron chi connectivity index (χ0n) is 23.7. The maximum absolute atomic E-state index is 14.5. The molecule has 13 nitrogen and oxygen atoms in total. The van der Waals surface area contributed by atoms with Crippen molar-refractivity contribution in [2.45, 2.75) is 50.2 Å². The van der Waals surface area contributed by atoms with Crippen molar-refractivity contribution in [3.8, 4) is 5.75 Å². The normalized spacial score (nSPS) is 26.2. The number of alkyl halides is 2. The molecule has 6 atom stereocenters. The monoisotopic (exact) mass is 603 g/mol. The fraction of sp³-hybridized carbons (Fsp3) is 0.500. The summed E-state index contributed by atoms with van der Waals surface area (Å²) in [5.41, 5.74) is 4.54. The van der Waals surface area contributed by atoms with Crippen LogP contribution in [0.25, 0.3) is 11.2 Å². The highest BCUT2D eigenvalue weighted by Gasteiger charge is 2.57. The summed E-state index contributed by atoms with van der Waals surface area (Å²) in [7, 11) is -4.57. The van der Waals surface area contributed by atoms with Gasteiger partial charge in [-0.15, -0.1) is 11.6 Å². The topological polar surface area (TPSA) is 181 Å². The highest BCUT2D eigenvalue weighted by Crippen LogP contribution is 2.52. The number of carbonyl (C=O) groups excluding carboxylic acids is 1. The molecule has 4 rings (SSSR count). The van der Waals surface area contributed by atoms with Gasteiger partial charge in [0.15, 0.2) is 17.4 Å². The fourth-order valence-electron chi connectivity index (χ4n) is 4.00. The number of imidazole rings is 1. The molecule has 1 fully saturated rings. The number of hydrogen-bond acceptors (Lipinski definition) is 11. The Hall–Kier alpha value is -3.03. The molecular formula is C24H30ClFN5O8P. The molecule has 16 heteroatoms. The molecule has 4 N–H and O–H groups in total. The lowest BCUT2D eigenvalue weighted by atomic mass is 10.0. The fourth-order valence-corrected chi connectivity index (χ4v) is 5.98. The van der Waals surface area contributed by atoms with Crippen molar-refractivity contribution < 1.29 is 40.1 Å². The van der Waals surface area contributed by atoms with Crippen LogP contribution in [0.15, 0.2) is 41.5 Å². The number of aromatic amines is 1. The van der Waals surface area contributed by atoms with Crippen LogP contribution >= 0.6 is 19.2 Å². The molecule has 0 aliphatic carbocycles. The number of hydrogen-bond donors (Lipinski definition) is 3. The number of fused-ring (bicyclic) bond motifs is 1. The third kappa shape index (κ3) is 6.16. The van der Waals surface area contributed by atoms with E-state index in [0.717, 1.165) is 10.9 Å². The number of esters is 1. The van der Waals surface area contributed by atoms with E-state index in [0.29, 0.717) is 0 Å². The molecule has 1 unspecified atom stereocenters. The summed E-state index contributed by atoms with van der Waals surface area (Å²) in [6.45, 7) is 0.0694. The first-order valence-corrected chi connectivity index (χ1v) is 14.3. The SMILES string of the molecule is [2H]C([2H])(O[P@@](=O)(C[C@@H](C)C(=O)OC(C)C)Oc1ccccc1)[C@H]1O[C@@H](n2cnc3c(=O)[nH]c(N)nc32)C(Cl)(CF)[C@H]1O. The van der Waals surface area contributed by atoms with Crippen LogP contribution in [0, 0.1) is 5.92 Å². The average molecular weight is 604 g/mol. The first kappa shape index (κ1) is 27.2. The van der Waals surface area contributed by atoms with Gasteiger partial charge in [-0.2, -0.15) is 4.98 Å². The molecule has 1 aromatic carbocycles. The third-order valence-electron chi connectivity index (χ3n) is 5.92. The van der Waals surface area contributed by atoms with Gasteiger partial charge in [-0.1, -0.05) is 25.1 Å². The van der Waals surface area contributed by atoms with Crippen molar-refractivity contribution in [2.75, 3.05) is 25.1 Å². The van der Waals surface area contributed by atoms with Gasteiger partial charge in [0.05, 0.1) is 33.8 Å². The number of aliphatic hydroxyl groups excluding tert-OH is 1. The van der Waals surface area contributed by atoms with E-state index in [1.807, 2.05) is 0 Å². The maximum atomic E-state index is 14.5. The Kier molecular flexibility index (Phi) is 8.03. The summed E-state index contributed by atoms with van der Waals surface area (Å²) in [6, 6.07) is 7.69. The van der Waals surface area contributed by atoms with Gasteiger partial charge < -0.3 is 24.8 Å². The van der Waals surface area contributed by atoms with E-state index < -0.39 is 73.9 Å². The van der Waals surface area contributed by atoms with Crippen molar-refractivity contribution in [3.05, 3.63) is 47.0 Å². The molecule has 1 saturated heterocycles. The minimum Gasteiger partial charge on any atom is -0.463 e. The highest BCUT2D eigenvalue weighted by molar-refractivity contribution is 7.54. The second-order valence-electron chi connectivity index (χ2n) is 9.48. The van der Waals surface area contributed by atoms with Crippen molar-refractivity contribution in [1.82, 2.24) is 19.5 Å². The number of benzene rings is 1. The lowest BCUT2D eigenvalue weighted by Crippen LogP contribution is -2.44. The van der Waals surface area contributed by atoms with Crippen molar-refractivity contribution >= 4 is 42.3 Å². The van der Waals surface area contributed by atoms with Crippen LogP contribution in [0.4, 0.5) is 10.3 Å². The lowest BCUT2D eigenvalue weighted by molar-refractivity contribution is -0.151. The number of carbonyl (C=O) groups is 1. The molecule has 1 aliphatic rings. The van der Waals surface area contributed by atoms with E-state index in [-0.39, 0.29) is 22.9 Å². The Bertz CT molecular complexity index is 1550. The van der Waals surface area contributed by atoms with Gasteiger partial charge in [0.1, 0.15) is 29.5 Å². The predicted octanol–water partition coefficient (Wildman–Crippen LogP) is 2.78. The molecule has 0 bridgehead atoms. The number of rotatable bonds is 11. The molecule has 1 aliphatic heterocycles. The van der Waals surface area contributed by atoms with Crippen LogP contribution in [-0.2, 0) is 23.4 Å². The Morgan fingerprint density at radius 1 is 1.40 bits per heavy atom. The summed E-state index contributed by atoms with van der Waals surface area (Å²) < 4.78 is 68.7. The van der Waals surface area contributed by atoms with Gasteiger partial charge in [-0.05, 0) is 26.0 Å². The van der Waals surface area contributed by atoms with Crippen LogP contribution in [0.3, 0.4) is 0 Å². The second kappa shape index (κ2) is 11.8. The Labute approximate surface area is 236 Å². The van der Waals surface area contributed by atoms with Gasteiger partial charge in [-0.3, -0.25) is 23.7 Å². The van der Waals surface area contributed by atoms with E-state index >= 15 is 0 Å². The number of nitrogen functional groups attached to an aromatic ring is 1. The molecule has 3 heterocycles. The smallest absolute Gasteiger partial charge is 0.380 e. The summed E-state index contributed by atoms with van der Waals surface area (Å²) in [4.78, 5) is 32.5. The van der Waals surface area contributed by atoms with Crippen LogP contribution in [-0.4, -0.2) is 73.2 Å². The van der Waals surface area contributed by atoms with Gasteiger partial charge in [0, 0.05) is 0 Å². The minimum absolute atomic E-state index is 0.0426. The van der Waals surface area contributed by atoms with Crippen LogP contribution in [0.2, 0.25) is 0 Å². The Morgan fingerprint density at radius 2 is 2.10 bits per heavy atom. The quantitative estimate of drug-likeness (QED) is 0.166. The highest BCUT2D eigenvalue weighted by atomic mass is 35.5. The van der Waals surface area contributed by atoms with Gasteiger partial charge in [-0.25, -0.2) is 13.9 Å². The summed E-state index contributed by atoms with van der Waals surface area (Å²) in [5.74, 6) is -2.05. The Balaban J connectivity index is 1.68. The molecular weight excluding hydrogens is 572 g/mol. The lowest BCUT2D eigenvalue weighted by Gasteiger charge is -2.27. The molecule has 0 radical (unpaired) electrons. The number of anilines is 1. The number of H-pyrrole nitrogens is 1. The Morgan fingerprint density at radius 3 is 2.75 bits per heavy atom. The number of aliphatic hydroxyl groups is 1. The van der Waals surface area contributed by atoms with Crippen molar-refractivity contribution in [2.24, 2.45) is 5.92 Å². The largest absolute Gasteiger partial charge is 0.463 e. The molecule has 2 aromatic heterocycles. The van der Waals surface area contributed by atoms with Crippen LogP contribution in [0.1, 0.15) is 29.7 Å². The summed E-state index contributed by atoms with van der Waals surface area (Å²) in [6.07, 6.45) is -5.89. The van der Waals surface area contributed by atoms with E-state index in [4.69, 9.17) is 38.6 Å². The number of para-hydroxylation sites is 1. The first-order valence-electron chi connectivity index (χ1n) is 13.2. The van der Waals surface area contributed by atoms with Crippen molar-refractivity contribution in [1.29, 1.82) is 0 Å². The zero-order valence-corrected chi connectivity index (χ0v) is 23.3. The molecule has 0 saturated carbocycles. The van der Waals surface area contributed by atoms with Crippen molar-refractivity contribution in [3.63, 3.8) is 0 Å². The molecule has 218 valence electrons. The standard InChI is InChI=1S/C24H30ClFN5O8P/c1-13(2)37-21(34)14(3)10-40(35,39-15-7-5-4-6-8-15)36-9-16-18(32)24(25,11-26)22(38-16)31-12-28-17-19(31)29-23(27)30-20(17)33/h4-8,12-14,16,18,22,32H,9-11H2,1-3H3,(H3,27,29,30,33)/t14-,16-,18+,22-,24?,40+/m1/s1/i9D2. The van der Waals surface area contributed by atoms with Gasteiger partial charge in [0.25, 0.3) is 5.56 Å². The number of aromatic nitrogens is 4. The molecule has 40 heavy (non-hydrogen) atoms. The molecule has 0 amide bonds. The van der Waals surface area contributed by atoms with E-state index in [1.165, 1.54) is 19.1 Å². The van der Waals surface area contributed by atoms with Gasteiger partial charge >= 0.3 is 13.6 Å².